The van der Waals surface area contributed by atoms with Gasteiger partial charge in [0, 0.05) is 49.1 Å². The van der Waals surface area contributed by atoms with E-state index in [0.717, 1.165) is 49.7 Å². The molecule has 1 aromatic carbocycles. The molecule has 0 saturated heterocycles. The molecule has 0 spiro atoms. The van der Waals surface area contributed by atoms with Crippen molar-refractivity contribution in [3.63, 3.8) is 0 Å². The molecule has 1 aliphatic rings. The number of fused-ring (bicyclic) bond motifs is 1. The van der Waals surface area contributed by atoms with E-state index in [-0.39, 0.29) is 0 Å². The molecular formula is C19H21N5. The van der Waals surface area contributed by atoms with Crippen LogP contribution in [0.4, 0.5) is 0 Å². The SMILES string of the molecule is Cc1nccc(CN2CCc3[nH]nc(-c4ccccc4)c3CC2)n1. The Balaban J connectivity index is 1.51. The zero-order valence-corrected chi connectivity index (χ0v) is 13.9. The first-order chi connectivity index (χ1) is 11.8. The Morgan fingerprint density at radius 1 is 1.08 bits per heavy atom. The van der Waals surface area contributed by atoms with Gasteiger partial charge < -0.3 is 0 Å². The van der Waals surface area contributed by atoms with Crippen LogP contribution < -0.4 is 0 Å². The molecule has 3 heterocycles. The standard InChI is InChI=1S/C19H21N5/c1-14-20-10-7-16(21-14)13-24-11-8-17-18(9-12-24)22-23-19(17)15-5-3-2-4-6-15/h2-7,10H,8-9,11-13H2,1H3,(H,22,23). The minimum Gasteiger partial charge on any atom is -0.297 e. The van der Waals surface area contributed by atoms with Crippen molar-refractivity contribution < 1.29 is 0 Å². The van der Waals surface area contributed by atoms with Gasteiger partial charge in [-0.3, -0.25) is 10.00 Å². The van der Waals surface area contributed by atoms with E-state index >= 15 is 0 Å². The van der Waals surface area contributed by atoms with Gasteiger partial charge in [0.25, 0.3) is 0 Å². The van der Waals surface area contributed by atoms with Crippen molar-refractivity contribution in [2.45, 2.75) is 26.3 Å². The lowest BCUT2D eigenvalue weighted by atomic mass is 10.0. The highest BCUT2D eigenvalue weighted by Gasteiger charge is 2.20. The molecule has 3 aromatic rings. The molecule has 24 heavy (non-hydrogen) atoms. The Hall–Kier alpha value is -2.53. The Morgan fingerprint density at radius 2 is 1.92 bits per heavy atom. The number of nitrogens with zero attached hydrogens (tertiary/aromatic N) is 4. The highest BCUT2D eigenvalue weighted by atomic mass is 15.2. The molecule has 122 valence electrons. The zero-order valence-electron chi connectivity index (χ0n) is 13.9. The van der Waals surface area contributed by atoms with Crippen LogP contribution in [0.5, 0.6) is 0 Å². The fourth-order valence-corrected chi connectivity index (χ4v) is 3.34. The molecule has 5 heteroatoms. The zero-order chi connectivity index (χ0) is 16.4. The summed E-state index contributed by atoms with van der Waals surface area (Å²) in [6, 6.07) is 12.4. The largest absolute Gasteiger partial charge is 0.297 e. The van der Waals surface area contributed by atoms with Crippen LogP contribution in [-0.4, -0.2) is 38.2 Å². The average molecular weight is 319 g/mol. The number of aromatic nitrogens is 4. The maximum Gasteiger partial charge on any atom is 0.125 e. The van der Waals surface area contributed by atoms with Crippen molar-refractivity contribution in [2.24, 2.45) is 0 Å². The van der Waals surface area contributed by atoms with Gasteiger partial charge in [-0.25, -0.2) is 9.97 Å². The molecule has 0 bridgehead atoms. The number of hydrogen-bond acceptors (Lipinski definition) is 4. The number of rotatable bonds is 3. The van der Waals surface area contributed by atoms with Gasteiger partial charge >= 0.3 is 0 Å². The summed E-state index contributed by atoms with van der Waals surface area (Å²) >= 11 is 0. The maximum absolute atomic E-state index is 4.57. The molecule has 0 saturated carbocycles. The van der Waals surface area contributed by atoms with Crippen LogP contribution in [0, 0.1) is 6.92 Å². The van der Waals surface area contributed by atoms with Crippen LogP contribution in [0.3, 0.4) is 0 Å². The fraction of sp³-hybridized carbons (Fsp3) is 0.316. The summed E-state index contributed by atoms with van der Waals surface area (Å²) in [7, 11) is 0. The lowest BCUT2D eigenvalue weighted by Crippen LogP contribution is -2.26. The van der Waals surface area contributed by atoms with Crippen molar-refractivity contribution in [1.82, 2.24) is 25.1 Å². The topological polar surface area (TPSA) is 57.7 Å². The van der Waals surface area contributed by atoms with Crippen LogP contribution >= 0.6 is 0 Å². The number of nitrogens with one attached hydrogen (secondary N) is 1. The van der Waals surface area contributed by atoms with E-state index in [0.29, 0.717) is 0 Å². The monoisotopic (exact) mass is 319 g/mol. The molecule has 1 N–H and O–H groups in total. The van der Waals surface area contributed by atoms with Gasteiger partial charge in [-0.05, 0) is 19.4 Å². The summed E-state index contributed by atoms with van der Waals surface area (Å²) in [5.41, 5.74) is 6.02. The molecule has 0 amide bonds. The summed E-state index contributed by atoms with van der Waals surface area (Å²) in [6.07, 6.45) is 3.86. The summed E-state index contributed by atoms with van der Waals surface area (Å²) in [5.74, 6) is 0.836. The third kappa shape index (κ3) is 3.08. The Bertz CT molecular complexity index is 825. The van der Waals surface area contributed by atoms with Gasteiger partial charge in [-0.1, -0.05) is 30.3 Å². The minimum atomic E-state index is 0.836. The summed E-state index contributed by atoms with van der Waals surface area (Å²) in [4.78, 5) is 11.2. The van der Waals surface area contributed by atoms with Gasteiger partial charge in [0.15, 0.2) is 0 Å². The molecule has 0 fully saturated rings. The lowest BCUT2D eigenvalue weighted by molar-refractivity contribution is 0.275. The van der Waals surface area contributed by atoms with Crippen molar-refractivity contribution in [2.75, 3.05) is 13.1 Å². The minimum absolute atomic E-state index is 0.836. The number of aromatic amines is 1. The first-order valence-electron chi connectivity index (χ1n) is 8.42. The number of aryl methyl sites for hydroxylation is 1. The second kappa shape index (κ2) is 6.53. The van der Waals surface area contributed by atoms with E-state index in [1.807, 2.05) is 25.3 Å². The predicted octanol–water partition coefficient (Wildman–Crippen LogP) is 2.78. The molecule has 5 nitrogen and oxygen atoms in total. The highest BCUT2D eigenvalue weighted by Crippen LogP contribution is 2.26. The van der Waals surface area contributed by atoms with E-state index in [1.165, 1.54) is 16.8 Å². The van der Waals surface area contributed by atoms with Crippen LogP contribution in [0.15, 0.2) is 42.6 Å². The maximum atomic E-state index is 4.57. The first kappa shape index (κ1) is 15.0. The van der Waals surface area contributed by atoms with Crippen LogP contribution in [0.25, 0.3) is 11.3 Å². The predicted molar refractivity (Wildman–Crippen MR) is 93.5 cm³/mol. The lowest BCUT2D eigenvalue weighted by Gasteiger charge is -2.19. The van der Waals surface area contributed by atoms with Crippen molar-refractivity contribution in [3.8, 4) is 11.3 Å². The number of H-pyrrole nitrogens is 1. The normalized spacial score (nSPS) is 15.0. The first-order valence-corrected chi connectivity index (χ1v) is 8.42. The smallest absolute Gasteiger partial charge is 0.125 e. The summed E-state index contributed by atoms with van der Waals surface area (Å²) in [6.45, 7) is 4.86. The van der Waals surface area contributed by atoms with E-state index in [1.54, 1.807) is 0 Å². The second-order valence-electron chi connectivity index (χ2n) is 6.27. The molecule has 2 aromatic heterocycles. The second-order valence-corrected chi connectivity index (χ2v) is 6.27. The van der Waals surface area contributed by atoms with E-state index in [4.69, 9.17) is 0 Å². The molecule has 1 aliphatic heterocycles. The Kier molecular flexibility index (Phi) is 4.09. The van der Waals surface area contributed by atoms with Gasteiger partial charge in [0.1, 0.15) is 5.82 Å². The molecule has 0 aliphatic carbocycles. The van der Waals surface area contributed by atoms with E-state index < -0.39 is 0 Å². The Labute approximate surface area is 141 Å². The molecule has 0 atom stereocenters. The third-order valence-electron chi connectivity index (χ3n) is 4.58. The van der Waals surface area contributed by atoms with Gasteiger partial charge in [-0.2, -0.15) is 5.10 Å². The van der Waals surface area contributed by atoms with E-state index in [9.17, 15) is 0 Å². The summed E-state index contributed by atoms with van der Waals surface area (Å²) < 4.78 is 0. The van der Waals surface area contributed by atoms with Gasteiger partial charge in [-0.15, -0.1) is 0 Å². The molecular weight excluding hydrogens is 298 g/mol. The van der Waals surface area contributed by atoms with E-state index in [2.05, 4.69) is 49.3 Å². The third-order valence-corrected chi connectivity index (χ3v) is 4.58. The van der Waals surface area contributed by atoms with Crippen LogP contribution in [-0.2, 0) is 19.4 Å². The molecule has 4 rings (SSSR count). The van der Waals surface area contributed by atoms with Crippen molar-refractivity contribution in [1.29, 1.82) is 0 Å². The highest BCUT2D eigenvalue weighted by molar-refractivity contribution is 5.64. The molecule has 0 unspecified atom stereocenters. The number of benzene rings is 1. The number of hydrogen-bond donors (Lipinski definition) is 1. The van der Waals surface area contributed by atoms with Gasteiger partial charge in [0.05, 0.1) is 11.4 Å². The average Bonchev–Trinajstić information content (AvgIpc) is 2.91. The quantitative estimate of drug-likeness (QED) is 0.806. The van der Waals surface area contributed by atoms with Crippen LogP contribution in [0.1, 0.15) is 22.8 Å². The van der Waals surface area contributed by atoms with Crippen LogP contribution in [0.2, 0.25) is 0 Å². The fourth-order valence-electron chi connectivity index (χ4n) is 3.34. The van der Waals surface area contributed by atoms with Crippen molar-refractivity contribution in [3.05, 3.63) is 65.4 Å². The molecule has 0 radical (unpaired) electrons. The Morgan fingerprint density at radius 3 is 2.75 bits per heavy atom. The van der Waals surface area contributed by atoms with Gasteiger partial charge in [0.2, 0.25) is 0 Å². The summed E-state index contributed by atoms with van der Waals surface area (Å²) in [5, 5.41) is 7.82. The van der Waals surface area contributed by atoms with Crippen molar-refractivity contribution >= 4 is 0 Å².